The molecular weight excluding hydrogens is 445 g/mol. The molecule has 0 bridgehead atoms. The summed E-state index contributed by atoms with van der Waals surface area (Å²) >= 11 is 2.13. The predicted octanol–water partition coefficient (Wildman–Crippen LogP) is 2.59. The molecule has 134 valence electrons. The van der Waals surface area contributed by atoms with Crippen LogP contribution in [0.15, 0.2) is 36.4 Å². The van der Waals surface area contributed by atoms with E-state index in [4.69, 9.17) is 15.7 Å². The van der Waals surface area contributed by atoms with Crippen molar-refractivity contribution in [1.82, 2.24) is 4.90 Å². The van der Waals surface area contributed by atoms with E-state index in [0.29, 0.717) is 34.4 Å². The van der Waals surface area contributed by atoms with E-state index in [1.54, 1.807) is 50.5 Å². The highest BCUT2D eigenvalue weighted by Crippen LogP contribution is 2.23. The molecule has 26 heavy (non-hydrogen) atoms. The summed E-state index contributed by atoms with van der Waals surface area (Å²) in [4.78, 5) is 25.3. The van der Waals surface area contributed by atoms with Crippen LogP contribution in [-0.2, 0) is 6.42 Å². The second-order valence-electron chi connectivity index (χ2n) is 5.79. The zero-order chi connectivity index (χ0) is 19.3. The topological polar surface area (TPSA) is 96.4 Å². The van der Waals surface area contributed by atoms with Crippen LogP contribution in [0.3, 0.4) is 0 Å². The highest BCUT2D eigenvalue weighted by molar-refractivity contribution is 14.1. The van der Waals surface area contributed by atoms with Gasteiger partial charge in [0.15, 0.2) is 0 Å². The van der Waals surface area contributed by atoms with Crippen LogP contribution in [0.4, 0.5) is 0 Å². The van der Waals surface area contributed by atoms with E-state index in [-0.39, 0.29) is 12.5 Å². The van der Waals surface area contributed by atoms with Crippen molar-refractivity contribution in [3.63, 3.8) is 0 Å². The van der Waals surface area contributed by atoms with Crippen molar-refractivity contribution in [3.05, 3.63) is 62.2 Å². The van der Waals surface area contributed by atoms with E-state index in [0.717, 1.165) is 3.57 Å². The molecule has 0 heterocycles. The number of rotatable bonds is 6. The van der Waals surface area contributed by atoms with Gasteiger partial charge in [0.2, 0.25) is 5.91 Å². The van der Waals surface area contributed by atoms with Gasteiger partial charge in [-0.05, 0) is 64.6 Å². The van der Waals surface area contributed by atoms with Crippen LogP contribution < -0.4 is 10.5 Å². The van der Waals surface area contributed by atoms with Gasteiger partial charge in [-0.2, -0.15) is 5.26 Å². The third kappa shape index (κ3) is 4.73. The number of primary amides is 1. The minimum absolute atomic E-state index is 0.153. The molecule has 0 saturated carbocycles. The molecule has 0 atom stereocenters. The number of amides is 2. The fourth-order valence-electron chi connectivity index (χ4n) is 2.39. The van der Waals surface area contributed by atoms with Gasteiger partial charge >= 0.3 is 0 Å². The zero-order valence-electron chi connectivity index (χ0n) is 14.5. The third-order valence-electron chi connectivity index (χ3n) is 3.71. The van der Waals surface area contributed by atoms with Gasteiger partial charge in [-0.25, -0.2) is 0 Å². The fraction of sp³-hybridized carbons (Fsp3) is 0.211. The molecule has 2 aromatic rings. The molecule has 6 nitrogen and oxygen atoms in total. The van der Waals surface area contributed by atoms with Gasteiger partial charge in [-0.15, -0.1) is 0 Å². The molecule has 0 aliphatic heterocycles. The number of hydrogen-bond acceptors (Lipinski definition) is 4. The SMILES string of the molecule is CN(C)C(=O)c1ccc(C(N)=O)c(CCOc2cc(C#N)ccc2I)c1. The quantitative estimate of drug-likeness (QED) is 0.667. The van der Waals surface area contributed by atoms with Crippen molar-refractivity contribution < 1.29 is 14.3 Å². The van der Waals surface area contributed by atoms with E-state index in [1.165, 1.54) is 4.90 Å². The number of nitrogens with two attached hydrogens (primary N) is 1. The maximum absolute atomic E-state index is 12.1. The Bertz CT molecular complexity index is 888. The lowest BCUT2D eigenvalue weighted by Crippen LogP contribution is -2.23. The van der Waals surface area contributed by atoms with Crippen LogP contribution in [-0.4, -0.2) is 37.4 Å². The number of halogens is 1. The molecule has 0 saturated heterocycles. The lowest BCUT2D eigenvalue weighted by molar-refractivity contribution is 0.0826. The van der Waals surface area contributed by atoms with E-state index < -0.39 is 5.91 Å². The number of benzene rings is 2. The van der Waals surface area contributed by atoms with Crippen LogP contribution in [0.1, 0.15) is 31.8 Å². The number of nitrogens with zero attached hydrogens (tertiary/aromatic N) is 2. The van der Waals surface area contributed by atoms with Gasteiger partial charge in [0.25, 0.3) is 5.91 Å². The molecule has 0 radical (unpaired) electrons. The second kappa shape index (κ2) is 8.67. The Morgan fingerprint density at radius 1 is 1.23 bits per heavy atom. The van der Waals surface area contributed by atoms with Crippen LogP contribution in [0.5, 0.6) is 5.75 Å². The Morgan fingerprint density at radius 2 is 1.96 bits per heavy atom. The summed E-state index contributed by atoms with van der Waals surface area (Å²) in [5.41, 5.74) is 7.44. The summed E-state index contributed by atoms with van der Waals surface area (Å²) < 4.78 is 6.64. The number of carbonyl (C=O) groups is 2. The van der Waals surface area contributed by atoms with E-state index >= 15 is 0 Å². The van der Waals surface area contributed by atoms with Gasteiger partial charge < -0.3 is 15.4 Å². The maximum atomic E-state index is 12.1. The predicted molar refractivity (Wildman–Crippen MR) is 106 cm³/mol. The summed E-state index contributed by atoms with van der Waals surface area (Å²) in [6.07, 6.45) is 0.402. The highest BCUT2D eigenvalue weighted by atomic mass is 127. The number of hydrogen-bond donors (Lipinski definition) is 1. The Morgan fingerprint density at radius 3 is 2.58 bits per heavy atom. The first kappa shape index (κ1) is 19.7. The molecule has 0 fully saturated rings. The van der Waals surface area contributed by atoms with Crippen LogP contribution in [0.2, 0.25) is 0 Å². The van der Waals surface area contributed by atoms with E-state index in [9.17, 15) is 9.59 Å². The van der Waals surface area contributed by atoms with Gasteiger partial charge in [-0.3, -0.25) is 9.59 Å². The molecule has 2 aromatic carbocycles. The third-order valence-corrected chi connectivity index (χ3v) is 4.60. The first-order chi connectivity index (χ1) is 12.3. The molecule has 2 amide bonds. The average molecular weight is 463 g/mol. The fourth-order valence-corrected chi connectivity index (χ4v) is 2.88. The minimum atomic E-state index is -0.551. The van der Waals surface area contributed by atoms with Gasteiger partial charge in [0.1, 0.15) is 5.75 Å². The lowest BCUT2D eigenvalue weighted by Gasteiger charge is -2.14. The Hall–Kier alpha value is -2.60. The first-order valence-electron chi connectivity index (χ1n) is 7.80. The standard InChI is InChI=1S/C19H18IN3O3/c1-23(2)19(25)14-4-5-15(18(22)24)13(10-14)7-8-26-17-9-12(11-21)3-6-16(17)20/h3-6,9-10H,7-8H2,1-2H3,(H2,22,24). The van der Waals surface area contributed by atoms with Gasteiger partial charge in [0, 0.05) is 31.6 Å². The van der Waals surface area contributed by atoms with Crippen molar-refractivity contribution in [2.45, 2.75) is 6.42 Å². The lowest BCUT2D eigenvalue weighted by atomic mass is 10.0. The van der Waals surface area contributed by atoms with Crippen molar-refractivity contribution in [3.8, 4) is 11.8 Å². The second-order valence-corrected chi connectivity index (χ2v) is 6.95. The maximum Gasteiger partial charge on any atom is 0.253 e. The monoisotopic (exact) mass is 463 g/mol. The van der Waals surface area contributed by atoms with Gasteiger partial charge in [0.05, 0.1) is 21.8 Å². The molecule has 0 aliphatic carbocycles. The molecule has 0 aliphatic rings. The van der Waals surface area contributed by atoms with Crippen LogP contribution in [0, 0.1) is 14.9 Å². The smallest absolute Gasteiger partial charge is 0.253 e. The largest absolute Gasteiger partial charge is 0.492 e. The van der Waals surface area contributed by atoms with Crippen molar-refractivity contribution in [2.75, 3.05) is 20.7 Å². The molecule has 2 N–H and O–H groups in total. The number of carbonyl (C=O) groups excluding carboxylic acids is 2. The minimum Gasteiger partial charge on any atom is -0.492 e. The molecular formula is C19H18IN3O3. The molecule has 2 rings (SSSR count). The summed E-state index contributed by atoms with van der Waals surface area (Å²) in [6, 6.07) is 12.1. The molecule has 0 aromatic heterocycles. The Kier molecular flexibility index (Phi) is 6.58. The van der Waals surface area contributed by atoms with E-state index in [2.05, 4.69) is 28.7 Å². The molecule has 0 unspecified atom stereocenters. The van der Waals surface area contributed by atoms with E-state index in [1.807, 2.05) is 0 Å². The van der Waals surface area contributed by atoms with Crippen molar-refractivity contribution >= 4 is 34.4 Å². The normalized spacial score (nSPS) is 10.1. The summed E-state index contributed by atoms with van der Waals surface area (Å²) in [5.74, 6) is -0.102. The first-order valence-corrected chi connectivity index (χ1v) is 8.88. The Labute approximate surface area is 165 Å². The zero-order valence-corrected chi connectivity index (χ0v) is 16.6. The van der Waals surface area contributed by atoms with Crippen molar-refractivity contribution in [1.29, 1.82) is 5.26 Å². The van der Waals surface area contributed by atoms with Gasteiger partial charge in [-0.1, -0.05) is 0 Å². The molecule has 7 heteroatoms. The number of ether oxygens (including phenoxy) is 1. The highest BCUT2D eigenvalue weighted by Gasteiger charge is 2.14. The summed E-state index contributed by atoms with van der Waals surface area (Å²) in [5, 5.41) is 8.99. The summed E-state index contributed by atoms with van der Waals surface area (Å²) in [7, 11) is 3.33. The van der Waals surface area contributed by atoms with Crippen LogP contribution >= 0.6 is 22.6 Å². The van der Waals surface area contributed by atoms with Crippen molar-refractivity contribution in [2.24, 2.45) is 5.73 Å². The number of nitriles is 1. The average Bonchev–Trinajstić information content (AvgIpc) is 2.62. The van der Waals surface area contributed by atoms with Crippen LogP contribution in [0.25, 0.3) is 0 Å². The summed E-state index contributed by atoms with van der Waals surface area (Å²) in [6.45, 7) is 0.283. The Balaban J connectivity index is 2.20. The molecule has 0 spiro atoms.